The van der Waals surface area contributed by atoms with E-state index in [1.165, 1.54) is 18.2 Å². The Bertz CT molecular complexity index is 467. The highest BCUT2D eigenvalue weighted by molar-refractivity contribution is 5.99. The summed E-state index contributed by atoms with van der Waals surface area (Å²) in [6, 6.07) is 3.85. The van der Waals surface area contributed by atoms with Gasteiger partial charge in [0.05, 0.1) is 5.56 Å². The van der Waals surface area contributed by atoms with Crippen LogP contribution in [0.1, 0.15) is 37.0 Å². The second-order valence-corrected chi connectivity index (χ2v) is 5.43. The topological polar surface area (TPSA) is 55.1 Å². The van der Waals surface area contributed by atoms with E-state index in [-0.39, 0.29) is 17.0 Å². The Hall–Kier alpha value is -1.58. The number of anilines is 1. The van der Waals surface area contributed by atoms with Gasteiger partial charge in [0, 0.05) is 12.2 Å². The number of hydrogen-bond donors (Lipinski definition) is 2. The molecule has 0 saturated heterocycles. The van der Waals surface area contributed by atoms with Crippen LogP contribution in [-0.4, -0.2) is 12.5 Å². The van der Waals surface area contributed by atoms with Gasteiger partial charge in [0.1, 0.15) is 5.82 Å². The van der Waals surface area contributed by atoms with Crippen LogP contribution < -0.4 is 11.1 Å². The highest BCUT2D eigenvalue weighted by Gasteiger charge is 2.45. The summed E-state index contributed by atoms with van der Waals surface area (Å²) in [5.41, 5.74) is 6.42. The number of nitrogen functional groups attached to an aromatic ring is 1. The Morgan fingerprint density at radius 2 is 2.17 bits per heavy atom. The van der Waals surface area contributed by atoms with E-state index >= 15 is 0 Å². The zero-order valence-corrected chi connectivity index (χ0v) is 10.8. The Labute approximate surface area is 107 Å². The van der Waals surface area contributed by atoms with E-state index < -0.39 is 5.82 Å². The summed E-state index contributed by atoms with van der Waals surface area (Å²) in [5.74, 6) is -0.0901. The van der Waals surface area contributed by atoms with Crippen LogP contribution in [-0.2, 0) is 0 Å². The molecule has 0 aliphatic heterocycles. The van der Waals surface area contributed by atoms with E-state index in [0.717, 1.165) is 12.8 Å². The van der Waals surface area contributed by atoms with Crippen LogP contribution in [0.5, 0.6) is 0 Å². The maximum atomic E-state index is 12.9. The Balaban J connectivity index is 2.00. The highest BCUT2D eigenvalue weighted by atomic mass is 19.1. The number of amides is 1. The molecule has 0 radical (unpaired) electrons. The van der Waals surface area contributed by atoms with Crippen molar-refractivity contribution >= 4 is 11.6 Å². The van der Waals surface area contributed by atoms with E-state index in [1.54, 1.807) is 0 Å². The molecule has 0 bridgehead atoms. The van der Waals surface area contributed by atoms with Crippen LogP contribution >= 0.6 is 0 Å². The molecule has 0 aromatic heterocycles. The van der Waals surface area contributed by atoms with Gasteiger partial charge in [0.25, 0.3) is 5.91 Å². The van der Waals surface area contributed by atoms with E-state index in [9.17, 15) is 9.18 Å². The predicted octanol–water partition coefficient (Wildman–Crippen LogP) is 2.57. The molecule has 0 unspecified atom stereocenters. The number of nitrogens with one attached hydrogen (secondary N) is 1. The lowest BCUT2D eigenvalue weighted by Crippen LogP contribution is -2.33. The SMILES string of the molecule is CC(C)C1(CNC(=O)c2ccc(F)cc2N)CC1. The van der Waals surface area contributed by atoms with Crippen molar-refractivity contribution in [2.24, 2.45) is 11.3 Å². The van der Waals surface area contributed by atoms with E-state index in [4.69, 9.17) is 5.73 Å². The fraction of sp³-hybridized carbons (Fsp3) is 0.500. The average Bonchev–Trinajstić information content (AvgIpc) is 3.07. The fourth-order valence-corrected chi connectivity index (χ4v) is 2.21. The molecule has 1 aromatic rings. The smallest absolute Gasteiger partial charge is 0.253 e. The first-order valence-electron chi connectivity index (χ1n) is 6.28. The van der Waals surface area contributed by atoms with Gasteiger partial charge in [-0.2, -0.15) is 0 Å². The minimum atomic E-state index is -0.426. The van der Waals surface area contributed by atoms with Gasteiger partial charge in [-0.15, -0.1) is 0 Å². The average molecular weight is 250 g/mol. The number of hydrogen-bond acceptors (Lipinski definition) is 2. The minimum absolute atomic E-state index is 0.182. The van der Waals surface area contributed by atoms with Crippen LogP contribution in [0.2, 0.25) is 0 Å². The molecule has 1 aliphatic carbocycles. The lowest BCUT2D eigenvalue weighted by Gasteiger charge is -2.20. The second kappa shape index (κ2) is 4.59. The van der Waals surface area contributed by atoms with Crippen molar-refractivity contribution in [2.45, 2.75) is 26.7 Å². The number of halogens is 1. The molecule has 0 heterocycles. The molecule has 1 fully saturated rings. The normalized spacial score (nSPS) is 16.7. The Morgan fingerprint density at radius 1 is 1.50 bits per heavy atom. The van der Waals surface area contributed by atoms with Gasteiger partial charge < -0.3 is 11.1 Å². The van der Waals surface area contributed by atoms with Gasteiger partial charge in [-0.05, 0) is 42.4 Å². The quantitative estimate of drug-likeness (QED) is 0.807. The van der Waals surface area contributed by atoms with Crippen molar-refractivity contribution in [2.75, 3.05) is 12.3 Å². The summed E-state index contributed by atoms with van der Waals surface area (Å²) in [6.07, 6.45) is 2.31. The van der Waals surface area contributed by atoms with Crippen molar-refractivity contribution in [1.82, 2.24) is 5.32 Å². The van der Waals surface area contributed by atoms with E-state index in [2.05, 4.69) is 19.2 Å². The largest absolute Gasteiger partial charge is 0.398 e. The van der Waals surface area contributed by atoms with Crippen LogP contribution in [0.3, 0.4) is 0 Å². The zero-order valence-electron chi connectivity index (χ0n) is 10.8. The number of benzene rings is 1. The molecule has 1 saturated carbocycles. The summed E-state index contributed by atoms with van der Waals surface area (Å²) in [7, 11) is 0. The first-order chi connectivity index (χ1) is 8.44. The number of carbonyl (C=O) groups excluding carboxylic acids is 1. The van der Waals surface area contributed by atoms with E-state index in [0.29, 0.717) is 18.0 Å². The maximum absolute atomic E-state index is 12.9. The van der Waals surface area contributed by atoms with Gasteiger partial charge in [0.15, 0.2) is 0 Å². The Morgan fingerprint density at radius 3 is 2.67 bits per heavy atom. The molecule has 4 heteroatoms. The first-order valence-corrected chi connectivity index (χ1v) is 6.28. The lowest BCUT2D eigenvalue weighted by atomic mass is 9.92. The number of nitrogens with two attached hydrogens (primary N) is 1. The molecular formula is C14H19FN2O. The third-order valence-electron chi connectivity index (χ3n) is 3.98. The van der Waals surface area contributed by atoms with Gasteiger partial charge in [0.2, 0.25) is 0 Å². The second-order valence-electron chi connectivity index (χ2n) is 5.43. The lowest BCUT2D eigenvalue weighted by molar-refractivity contribution is 0.0940. The van der Waals surface area contributed by atoms with Crippen LogP contribution in [0.25, 0.3) is 0 Å². The molecule has 2 rings (SSSR count). The summed E-state index contributed by atoms with van der Waals surface area (Å²) in [6.45, 7) is 5.01. The molecule has 0 atom stereocenters. The molecular weight excluding hydrogens is 231 g/mol. The summed E-state index contributed by atoms with van der Waals surface area (Å²) in [5, 5.41) is 2.90. The highest BCUT2D eigenvalue weighted by Crippen LogP contribution is 2.51. The standard InChI is InChI=1S/C14H19FN2O/c1-9(2)14(5-6-14)8-17-13(18)11-4-3-10(15)7-12(11)16/h3-4,7,9H,5-6,8,16H2,1-2H3,(H,17,18). The molecule has 3 nitrogen and oxygen atoms in total. The van der Waals surface area contributed by atoms with Gasteiger partial charge in [-0.1, -0.05) is 13.8 Å². The van der Waals surface area contributed by atoms with Crippen molar-refractivity contribution in [3.05, 3.63) is 29.6 Å². The first kappa shape index (κ1) is 12.9. The van der Waals surface area contributed by atoms with E-state index in [1.807, 2.05) is 0 Å². The van der Waals surface area contributed by atoms with Crippen molar-refractivity contribution < 1.29 is 9.18 Å². The molecule has 3 N–H and O–H groups in total. The van der Waals surface area contributed by atoms with Crippen molar-refractivity contribution in [3.8, 4) is 0 Å². The van der Waals surface area contributed by atoms with Gasteiger partial charge >= 0.3 is 0 Å². The van der Waals surface area contributed by atoms with Gasteiger partial charge in [-0.3, -0.25) is 4.79 Å². The maximum Gasteiger partial charge on any atom is 0.253 e. The van der Waals surface area contributed by atoms with Crippen LogP contribution in [0.4, 0.5) is 10.1 Å². The van der Waals surface area contributed by atoms with Crippen molar-refractivity contribution in [3.63, 3.8) is 0 Å². The number of rotatable bonds is 4. The molecule has 0 spiro atoms. The van der Waals surface area contributed by atoms with Gasteiger partial charge in [-0.25, -0.2) is 4.39 Å². The Kier molecular flexibility index (Phi) is 3.28. The number of carbonyl (C=O) groups is 1. The van der Waals surface area contributed by atoms with Crippen molar-refractivity contribution in [1.29, 1.82) is 0 Å². The van der Waals surface area contributed by atoms with Crippen LogP contribution in [0.15, 0.2) is 18.2 Å². The summed E-state index contributed by atoms with van der Waals surface area (Å²) in [4.78, 5) is 12.0. The minimum Gasteiger partial charge on any atom is -0.398 e. The molecule has 1 aromatic carbocycles. The fourth-order valence-electron chi connectivity index (χ4n) is 2.21. The zero-order chi connectivity index (χ0) is 13.3. The monoisotopic (exact) mass is 250 g/mol. The molecule has 18 heavy (non-hydrogen) atoms. The third-order valence-corrected chi connectivity index (χ3v) is 3.98. The third kappa shape index (κ3) is 2.47. The molecule has 98 valence electrons. The van der Waals surface area contributed by atoms with Crippen LogP contribution in [0, 0.1) is 17.2 Å². The molecule has 1 amide bonds. The predicted molar refractivity (Wildman–Crippen MR) is 69.7 cm³/mol. The summed E-state index contributed by atoms with van der Waals surface area (Å²) < 4.78 is 12.9. The molecule has 1 aliphatic rings. The summed E-state index contributed by atoms with van der Waals surface area (Å²) >= 11 is 0.